The fraction of sp³-hybridized carbons (Fsp3) is 0.462. The van der Waals surface area contributed by atoms with Crippen molar-refractivity contribution in [1.82, 2.24) is 10.2 Å². The highest BCUT2D eigenvalue weighted by atomic mass is 35.5. The first-order valence-electron chi connectivity index (χ1n) is 6.04. The summed E-state index contributed by atoms with van der Waals surface area (Å²) in [5.41, 5.74) is 0.661. The average Bonchev–Trinajstić information content (AvgIpc) is 2.87. The molecule has 0 bridgehead atoms. The Bertz CT molecular complexity index is 399. The number of halogens is 1. The molecule has 1 aliphatic heterocycles. The van der Waals surface area contributed by atoms with Gasteiger partial charge < -0.3 is 10.4 Å². The number of rotatable bonds is 4. The van der Waals surface area contributed by atoms with E-state index in [-0.39, 0.29) is 17.8 Å². The van der Waals surface area contributed by atoms with Crippen molar-refractivity contribution >= 4 is 17.5 Å². The fourth-order valence-corrected chi connectivity index (χ4v) is 2.33. The Labute approximate surface area is 112 Å². The van der Waals surface area contributed by atoms with E-state index in [2.05, 4.69) is 5.32 Å². The van der Waals surface area contributed by atoms with Crippen molar-refractivity contribution in [2.45, 2.75) is 18.7 Å². The number of nitrogens with one attached hydrogen (secondary N) is 1. The van der Waals surface area contributed by atoms with Crippen molar-refractivity contribution in [3.8, 4) is 0 Å². The molecule has 2 unspecified atom stereocenters. The van der Waals surface area contributed by atoms with Gasteiger partial charge in [-0.3, -0.25) is 9.69 Å². The van der Waals surface area contributed by atoms with Crippen molar-refractivity contribution in [1.29, 1.82) is 0 Å². The van der Waals surface area contributed by atoms with Gasteiger partial charge in [-0.25, -0.2) is 0 Å². The number of hydrogen-bond acceptors (Lipinski definition) is 3. The molecule has 1 aliphatic rings. The SMILES string of the molecule is O=C(NC1CCN(C(O)CCl)C1)c1ccccc1. The molecule has 1 aromatic carbocycles. The van der Waals surface area contributed by atoms with E-state index in [4.69, 9.17) is 11.6 Å². The van der Waals surface area contributed by atoms with Gasteiger partial charge in [-0.15, -0.1) is 11.6 Å². The lowest BCUT2D eigenvalue weighted by Gasteiger charge is -2.20. The van der Waals surface area contributed by atoms with E-state index in [0.717, 1.165) is 13.0 Å². The van der Waals surface area contributed by atoms with E-state index in [1.807, 2.05) is 23.1 Å². The van der Waals surface area contributed by atoms with Crippen LogP contribution >= 0.6 is 11.6 Å². The van der Waals surface area contributed by atoms with E-state index < -0.39 is 6.23 Å². The quantitative estimate of drug-likeness (QED) is 0.803. The zero-order valence-corrected chi connectivity index (χ0v) is 10.8. The first-order chi connectivity index (χ1) is 8.70. The summed E-state index contributed by atoms with van der Waals surface area (Å²) in [7, 11) is 0. The van der Waals surface area contributed by atoms with Crippen LogP contribution in [0.2, 0.25) is 0 Å². The summed E-state index contributed by atoms with van der Waals surface area (Å²) in [5, 5.41) is 12.6. The standard InChI is InChI=1S/C13H17ClN2O2/c14-8-12(17)16-7-6-11(9-16)15-13(18)10-4-2-1-3-5-10/h1-5,11-12,17H,6-9H2,(H,15,18). The molecule has 1 amide bonds. The Hall–Kier alpha value is -1.10. The lowest BCUT2D eigenvalue weighted by molar-refractivity contribution is 0.0379. The molecule has 0 saturated carbocycles. The van der Waals surface area contributed by atoms with Gasteiger partial charge in [0, 0.05) is 24.7 Å². The summed E-state index contributed by atoms with van der Waals surface area (Å²) in [5.74, 6) is 0.127. The van der Waals surface area contributed by atoms with Gasteiger partial charge in [0.05, 0.1) is 5.88 Å². The van der Waals surface area contributed by atoms with Crippen LogP contribution in [0.1, 0.15) is 16.8 Å². The van der Waals surface area contributed by atoms with E-state index in [9.17, 15) is 9.90 Å². The number of benzene rings is 1. The molecule has 0 aliphatic carbocycles. The van der Waals surface area contributed by atoms with Crippen LogP contribution in [0, 0.1) is 0 Å². The zero-order chi connectivity index (χ0) is 13.0. The Morgan fingerprint density at radius 3 is 2.89 bits per heavy atom. The van der Waals surface area contributed by atoms with Gasteiger partial charge in [-0.1, -0.05) is 18.2 Å². The number of nitrogens with zero attached hydrogens (tertiary/aromatic N) is 1. The highest BCUT2D eigenvalue weighted by Crippen LogP contribution is 2.13. The number of amides is 1. The van der Waals surface area contributed by atoms with Gasteiger partial charge in [-0.2, -0.15) is 0 Å². The molecule has 1 aromatic rings. The number of carbonyl (C=O) groups is 1. The third kappa shape index (κ3) is 3.22. The summed E-state index contributed by atoms with van der Waals surface area (Å²) in [6.07, 6.45) is 0.220. The van der Waals surface area contributed by atoms with E-state index in [0.29, 0.717) is 12.1 Å². The number of carbonyl (C=O) groups excluding carboxylic acids is 1. The number of alkyl halides is 1. The lowest BCUT2D eigenvalue weighted by atomic mass is 10.2. The second-order valence-electron chi connectivity index (χ2n) is 4.45. The third-order valence-electron chi connectivity index (χ3n) is 3.15. The molecule has 18 heavy (non-hydrogen) atoms. The number of aliphatic hydroxyl groups is 1. The van der Waals surface area contributed by atoms with Crippen LogP contribution in [0.4, 0.5) is 0 Å². The lowest BCUT2D eigenvalue weighted by Crippen LogP contribution is -2.40. The first-order valence-corrected chi connectivity index (χ1v) is 6.58. The highest BCUT2D eigenvalue weighted by Gasteiger charge is 2.27. The molecule has 98 valence electrons. The number of hydrogen-bond donors (Lipinski definition) is 2. The molecule has 2 atom stereocenters. The second-order valence-corrected chi connectivity index (χ2v) is 4.76. The minimum Gasteiger partial charge on any atom is -0.377 e. The summed E-state index contributed by atoms with van der Waals surface area (Å²) < 4.78 is 0. The molecule has 2 N–H and O–H groups in total. The smallest absolute Gasteiger partial charge is 0.251 e. The fourth-order valence-electron chi connectivity index (χ4n) is 2.13. The molecular weight excluding hydrogens is 252 g/mol. The summed E-state index contributed by atoms with van der Waals surface area (Å²) in [6.45, 7) is 1.40. The van der Waals surface area contributed by atoms with Gasteiger partial charge in [0.2, 0.25) is 0 Å². The zero-order valence-electron chi connectivity index (χ0n) is 10.1. The van der Waals surface area contributed by atoms with Gasteiger partial charge in [0.25, 0.3) is 5.91 Å². The van der Waals surface area contributed by atoms with Gasteiger partial charge in [-0.05, 0) is 18.6 Å². The predicted molar refractivity (Wildman–Crippen MR) is 70.6 cm³/mol. The summed E-state index contributed by atoms with van der Waals surface area (Å²) >= 11 is 5.60. The topological polar surface area (TPSA) is 52.6 Å². The average molecular weight is 269 g/mol. The Morgan fingerprint density at radius 2 is 2.22 bits per heavy atom. The summed E-state index contributed by atoms with van der Waals surface area (Å²) in [6, 6.07) is 9.21. The number of aliphatic hydroxyl groups excluding tert-OH is 1. The molecule has 1 fully saturated rings. The minimum atomic E-state index is -0.620. The molecule has 0 spiro atoms. The van der Waals surface area contributed by atoms with Crippen molar-refractivity contribution in [2.24, 2.45) is 0 Å². The Balaban J connectivity index is 1.87. The van der Waals surface area contributed by atoms with Crippen LogP contribution < -0.4 is 5.32 Å². The maximum Gasteiger partial charge on any atom is 0.251 e. The van der Waals surface area contributed by atoms with Crippen LogP contribution in [0.15, 0.2) is 30.3 Å². The third-order valence-corrected chi connectivity index (χ3v) is 3.43. The maximum atomic E-state index is 11.9. The second kappa shape index (κ2) is 6.18. The molecule has 0 radical (unpaired) electrons. The molecule has 5 heteroatoms. The van der Waals surface area contributed by atoms with E-state index >= 15 is 0 Å². The van der Waals surface area contributed by atoms with Crippen LogP contribution in [0.5, 0.6) is 0 Å². The predicted octanol–water partition coefficient (Wildman–Crippen LogP) is 1.05. The van der Waals surface area contributed by atoms with Gasteiger partial charge >= 0.3 is 0 Å². The van der Waals surface area contributed by atoms with Crippen LogP contribution in [0.3, 0.4) is 0 Å². The van der Waals surface area contributed by atoms with E-state index in [1.54, 1.807) is 12.1 Å². The van der Waals surface area contributed by atoms with Gasteiger partial charge in [0.1, 0.15) is 6.23 Å². The van der Waals surface area contributed by atoms with Crippen molar-refractivity contribution in [2.75, 3.05) is 19.0 Å². The van der Waals surface area contributed by atoms with Crippen LogP contribution in [-0.4, -0.2) is 47.2 Å². The van der Waals surface area contributed by atoms with Crippen molar-refractivity contribution in [3.63, 3.8) is 0 Å². The molecular formula is C13H17ClN2O2. The van der Waals surface area contributed by atoms with Crippen molar-refractivity contribution in [3.05, 3.63) is 35.9 Å². The Morgan fingerprint density at radius 1 is 1.50 bits per heavy atom. The van der Waals surface area contributed by atoms with Crippen LogP contribution in [-0.2, 0) is 0 Å². The molecule has 0 aromatic heterocycles. The molecule has 1 saturated heterocycles. The normalized spacial score (nSPS) is 21.8. The maximum absolute atomic E-state index is 11.9. The van der Waals surface area contributed by atoms with Crippen LogP contribution in [0.25, 0.3) is 0 Å². The van der Waals surface area contributed by atoms with Gasteiger partial charge in [0.15, 0.2) is 0 Å². The molecule has 4 nitrogen and oxygen atoms in total. The monoisotopic (exact) mass is 268 g/mol. The highest BCUT2D eigenvalue weighted by molar-refractivity contribution is 6.18. The molecule has 2 rings (SSSR count). The Kier molecular flexibility index (Phi) is 4.58. The first kappa shape index (κ1) is 13.3. The largest absolute Gasteiger partial charge is 0.377 e. The number of likely N-dealkylation sites (tertiary alicyclic amines) is 1. The van der Waals surface area contributed by atoms with E-state index in [1.165, 1.54) is 0 Å². The molecule has 1 heterocycles. The minimum absolute atomic E-state index is 0.0668. The van der Waals surface area contributed by atoms with Crippen molar-refractivity contribution < 1.29 is 9.90 Å². The summed E-state index contributed by atoms with van der Waals surface area (Å²) in [4.78, 5) is 13.8.